The molecule has 0 aromatic carbocycles. The number of nitrogens with one attached hydrogen (secondary N) is 1. The Kier molecular flexibility index (Phi) is 54.5. The standard InChI is InChI=1S/C60H115NO5/c1-3-5-7-9-11-13-15-34-38-42-46-50-54-60(65)66-55-51-47-43-39-35-32-30-28-26-24-22-20-18-16-17-19-21-23-25-27-29-31-33-37-41-45-49-53-59(64)61-57(56-62)58(63)52-48-44-40-36-14-12-10-8-6-4-2/h11,13,16-17,57-58,62-63H,3-10,12,14-15,18-56H2,1-2H3,(H,61,64)/b13-11-,17-16-. The molecule has 390 valence electrons. The maximum absolute atomic E-state index is 12.4. The van der Waals surface area contributed by atoms with Crippen LogP contribution in [0.1, 0.15) is 322 Å². The van der Waals surface area contributed by atoms with Crippen LogP contribution in [-0.2, 0) is 14.3 Å². The first-order valence-electron chi connectivity index (χ1n) is 29.6. The van der Waals surface area contributed by atoms with Crippen molar-refractivity contribution in [2.75, 3.05) is 13.2 Å². The van der Waals surface area contributed by atoms with Gasteiger partial charge < -0.3 is 20.3 Å². The molecule has 0 fully saturated rings. The van der Waals surface area contributed by atoms with Crippen LogP contribution in [0.25, 0.3) is 0 Å². The van der Waals surface area contributed by atoms with Gasteiger partial charge in [0.1, 0.15) is 0 Å². The molecule has 2 atom stereocenters. The second-order valence-electron chi connectivity index (χ2n) is 20.3. The summed E-state index contributed by atoms with van der Waals surface area (Å²) >= 11 is 0. The van der Waals surface area contributed by atoms with E-state index in [1.807, 2.05) is 0 Å². The smallest absolute Gasteiger partial charge is 0.305 e. The van der Waals surface area contributed by atoms with Gasteiger partial charge in [0, 0.05) is 12.8 Å². The third-order valence-electron chi connectivity index (χ3n) is 13.7. The molecule has 1 amide bonds. The topological polar surface area (TPSA) is 95.9 Å². The minimum absolute atomic E-state index is 0.00491. The van der Waals surface area contributed by atoms with E-state index in [4.69, 9.17) is 4.74 Å². The van der Waals surface area contributed by atoms with E-state index < -0.39 is 12.1 Å². The van der Waals surface area contributed by atoms with Gasteiger partial charge in [0.25, 0.3) is 0 Å². The lowest BCUT2D eigenvalue weighted by molar-refractivity contribution is -0.143. The van der Waals surface area contributed by atoms with Crippen LogP contribution in [0, 0.1) is 0 Å². The molecule has 0 rings (SSSR count). The number of rotatable bonds is 55. The summed E-state index contributed by atoms with van der Waals surface area (Å²) in [5, 5.41) is 23.1. The first-order chi connectivity index (χ1) is 32.5. The Morgan fingerprint density at radius 1 is 0.409 bits per heavy atom. The van der Waals surface area contributed by atoms with Gasteiger partial charge in [-0.3, -0.25) is 9.59 Å². The minimum atomic E-state index is -0.662. The molecule has 0 aliphatic rings. The van der Waals surface area contributed by atoms with Crippen molar-refractivity contribution < 1.29 is 24.5 Å². The van der Waals surface area contributed by atoms with Crippen LogP contribution >= 0.6 is 0 Å². The van der Waals surface area contributed by atoms with Crippen molar-refractivity contribution in [2.24, 2.45) is 0 Å². The molecule has 6 heteroatoms. The largest absolute Gasteiger partial charge is 0.466 e. The van der Waals surface area contributed by atoms with Gasteiger partial charge >= 0.3 is 5.97 Å². The molecule has 66 heavy (non-hydrogen) atoms. The highest BCUT2D eigenvalue weighted by molar-refractivity contribution is 5.76. The molecule has 0 aliphatic heterocycles. The number of esters is 1. The van der Waals surface area contributed by atoms with Gasteiger partial charge in [-0.15, -0.1) is 0 Å². The molecular weight excluding hydrogens is 815 g/mol. The minimum Gasteiger partial charge on any atom is -0.466 e. The summed E-state index contributed by atoms with van der Waals surface area (Å²) in [4.78, 5) is 24.4. The van der Waals surface area contributed by atoms with Gasteiger partial charge in [0.05, 0.1) is 25.4 Å². The molecule has 0 saturated heterocycles. The van der Waals surface area contributed by atoms with Crippen LogP contribution in [0.3, 0.4) is 0 Å². The molecular formula is C60H115NO5. The first-order valence-corrected chi connectivity index (χ1v) is 29.6. The molecule has 0 aromatic heterocycles. The second kappa shape index (κ2) is 55.9. The zero-order valence-corrected chi connectivity index (χ0v) is 44.4. The third-order valence-corrected chi connectivity index (χ3v) is 13.7. The van der Waals surface area contributed by atoms with Gasteiger partial charge in [0.15, 0.2) is 0 Å². The van der Waals surface area contributed by atoms with Crippen LogP contribution in [0.15, 0.2) is 24.3 Å². The number of aliphatic hydroxyl groups is 2. The lowest BCUT2D eigenvalue weighted by atomic mass is 10.0. The molecule has 0 aromatic rings. The summed E-state index contributed by atoms with van der Waals surface area (Å²) in [5.41, 5.74) is 0. The molecule has 0 heterocycles. The highest BCUT2D eigenvalue weighted by Crippen LogP contribution is 2.17. The fourth-order valence-corrected chi connectivity index (χ4v) is 9.16. The maximum atomic E-state index is 12.4. The van der Waals surface area contributed by atoms with E-state index in [0.29, 0.717) is 25.9 Å². The van der Waals surface area contributed by atoms with Crippen LogP contribution in [0.5, 0.6) is 0 Å². The normalized spacial score (nSPS) is 12.7. The molecule has 6 nitrogen and oxygen atoms in total. The first kappa shape index (κ1) is 64.3. The van der Waals surface area contributed by atoms with Crippen molar-refractivity contribution in [3.63, 3.8) is 0 Å². The zero-order valence-electron chi connectivity index (χ0n) is 44.4. The van der Waals surface area contributed by atoms with Crippen molar-refractivity contribution in [1.82, 2.24) is 5.32 Å². The molecule has 0 spiro atoms. The number of hydrogen-bond donors (Lipinski definition) is 3. The monoisotopic (exact) mass is 930 g/mol. The molecule has 3 N–H and O–H groups in total. The van der Waals surface area contributed by atoms with Gasteiger partial charge in [-0.05, 0) is 77.0 Å². The summed E-state index contributed by atoms with van der Waals surface area (Å²) in [6.45, 7) is 4.92. The number of hydrogen-bond acceptors (Lipinski definition) is 5. The SMILES string of the molecule is CCCCC/C=C\CCCCCCCC(=O)OCCCCCCCCCCCCCC/C=C\CCCCCCCCCCCCCC(=O)NC(CO)C(O)CCCCCCCCCCCC. The number of amides is 1. The van der Waals surface area contributed by atoms with Crippen molar-refractivity contribution in [2.45, 2.75) is 334 Å². The van der Waals surface area contributed by atoms with Crippen molar-refractivity contribution in [3.05, 3.63) is 24.3 Å². The fourth-order valence-electron chi connectivity index (χ4n) is 9.16. The summed E-state index contributed by atoms with van der Waals surface area (Å²) < 4.78 is 5.46. The Balaban J connectivity index is 3.36. The molecule has 0 radical (unpaired) electrons. The molecule has 0 bridgehead atoms. The van der Waals surface area contributed by atoms with Crippen LogP contribution in [0.2, 0.25) is 0 Å². The zero-order chi connectivity index (χ0) is 47.9. The number of aliphatic hydroxyl groups excluding tert-OH is 2. The molecule has 0 saturated carbocycles. The number of ether oxygens (including phenoxy) is 1. The van der Waals surface area contributed by atoms with E-state index >= 15 is 0 Å². The van der Waals surface area contributed by atoms with E-state index in [2.05, 4.69) is 43.5 Å². The third kappa shape index (κ3) is 51.7. The van der Waals surface area contributed by atoms with Crippen molar-refractivity contribution >= 4 is 11.9 Å². The molecule has 0 aliphatic carbocycles. The maximum Gasteiger partial charge on any atom is 0.305 e. The van der Waals surface area contributed by atoms with Gasteiger partial charge in [-0.25, -0.2) is 0 Å². The quantitative estimate of drug-likeness (QED) is 0.0321. The number of carbonyl (C=O) groups excluding carboxylic acids is 2. The van der Waals surface area contributed by atoms with Crippen LogP contribution in [0.4, 0.5) is 0 Å². The number of carbonyl (C=O) groups is 2. The predicted octanol–water partition coefficient (Wildman–Crippen LogP) is 18.2. The summed E-state index contributed by atoms with van der Waals surface area (Å²) in [5.74, 6) is -0.0319. The van der Waals surface area contributed by atoms with Gasteiger partial charge in [-0.2, -0.15) is 0 Å². The van der Waals surface area contributed by atoms with Crippen LogP contribution < -0.4 is 5.32 Å². The predicted molar refractivity (Wildman–Crippen MR) is 287 cm³/mol. The Bertz CT molecular complexity index is 1030. The Labute approximate surface area is 411 Å². The van der Waals surface area contributed by atoms with E-state index in [0.717, 1.165) is 44.9 Å². The van der Waals surface area contributed by atoms with E-state index in [1.54, 1.807) is 0 Å². The summed E-state index contributed by atoms with van der Waals surface area (Å²) in [7, 11) is 0. The lowest BCUT2D eigenvalue weighted by Crippen LogP contribution is -2.45. The average molecular weight is 931 g/mol. The van der Waals surface area contributed by atoms with Crippen molar-refractivity contribution in [3.8, 4) is 0 Å². The Hall–Kier alpha value is -1.66. The van der Waals surface area contributed by atoms with Gasteiger partial charge in [0.2, 0.25) is 5.91 Å². The Morgan fingerprint density at radius 3 is 1.11 bits per heavy atom. The lowest BCUT2D eigenvalue weighted by Gasteiger charge is -2.22. The highest BCUT2D eigenvalue weighted by atomic mass is 16.5. The van der Waals surface area contributed by atoms with Crippen molar-refractivity contribution in [1.29, 1.82) is 0 Å². The molecule has 2 unspecified atom stereocenters. The summed E-state index contributed by atoms with van der Waals surface area (Å²) in [6.07, 6.45) is 67.6. The number of unbranched alkanes of at least 4 members (excludes halogenated alkanes) is 40. The Morgan fingerprint density at radius 2 is 0.712 bits per heavy atom. The summed E-state index contributed by atoms with van der Waals surface area (Å²) in [6, 6.07) is -0.540. The van der Waals surface area contributed by atoms with Crippen LogP contribution in [-0.4, -0.2) is 47.4 Å². The fraction of sp³-hybridized carbons (Fsp3) is 0.900. The van der Waals surface area contributed by atoms with Gasteiger partial charge in [-0.1, -0.05) is 256 Å². The van der Waals surface area contributed by atoms with E-state index in [9.17, 15) is 19.8 Å². The number of allylic oxidation sites excluding steroid dienone is 4. The second-order valence-corrected chi connectivity index (χ2v) is 20.3. The van der Waals surface area contributed by atoms with E-state index in [1.165, 1.54) is 244 Å². The van der Waals surface area contributed by atoms with E-state index in [-0.39, 0.29) is 18.5 Å². The average Bonchev–Trinajstić information content (AvgIpc) is 3.32. The highest BCUT2D eigenvalue weighted by Gasteiger charge is 2.20.